The minimum atomic E-state index is 0.248. The molecule has 5 heteroatoms. The van der Waals surface area contributed by atoms with Crippen LogP contribution in [0.2, 0.25) is 0 Å². The van der Waals surface area contributed by atoms with E-state index >= 15 is 0 Å². The van der Waals surface area contributed by atoms with Gasteiger partial charge in [-0.2, -0.15) is 0 Å². The fraction of sp³-hybridized carbons (Fsp3) is 0.200. The van der Waals surface area contributed by atoms with Gasteiger partial charge in [0.15, 0.2) is 0 Å². The monoisotopic (exact) mass is 283 g/mol. The van der Waals surface area contributed by atoms with Crippen LogP contribution in [0, 0.1) is 0 Å². The Balaban J connectivity index is 2.13. The molecule has 0 aliphatic carbocycles. The molecule has 2 aromatic heterocycles. The number of nitrogens with zero attached hydrogens (tertiary/aromatic N) is 2. The van der Waals surface area contributed by atoms with Gasteiger partial charge in [-0.15, -0.1) is 11.3 Å². The van der Waals surface area contributed by atoms with Crippen LogP contribution in [0.5, 0.6) is 0 Å². The Kier molecular flexibility index (Phi) is 3.33. The molecule has 1 atom stereocenters. The largest absolute Gasteiger partial charge is 0.375 e. The normalized spacial score (nSPS) is 12.4. The van der Waals surface area contributed by atoms with Gasteiger partial charge >= 0.3 is 0 Å². The molecule has 15 heavy (non-hydrogen) atoms. The Labute approximate surface area is 101 Å². The van der Waals surface area contributed by atoms with Gasteiger partial charge in [0.25, 0.3) is 0 Å². The van der Waals surface area contributed by atoms with Crippen molar-refractivity contribution in [1.29, 1.82) is 0 Å². The average Bonchev–Trinajstić information content (AvgIpc) is 2.74. The minimum absolute atomic E-state index is 0.248. The maximum Gasteiger partial charge on any atom is 0.129 e. The Hall–Kier alpha value is -0.940. The summed E-state index contributed by atoms with van der Waals surface area (Å²) in [5.41, 5.74) is 2.84. The van der Waals surface area contributed by atoms with Crippen LogP contribution in [0.15, 0.2) is 34.6 Å². The topological polar surface area (TPSA) is 37.8 Å². The lowest BCUT2D eigenvalue weighted by Crippen LogP contribution is -2.05. The van der Waals surface area contributed by atoms with E-state index in [1.54, 1.807) is 17.5 Å². The first kappa shape index (κ1) is 10.6. The number of pyridine rings is 1. The zero-order chi connectivity index (χ0) is 10.7. The SMILES string of the molecule is CC(Nc1cccnc1Br)c1cncs1. The Bertz CT molecular complexity index is 430. The van der Waals surface area contributed by atoms with E-state index < -0.39 is 0 Å². The summed E-state index contributed by atoms with van der Waals surface area (Å²) in [7, 11) is 0. The number of hydrogen-bond acceptors (Lipinski definition) is 4. The van der Waals surface area contributed by atoms with Gasteiger partial charge in [-0.1, -0.05) is 0 Å². The van der Waals surface area contributed by atoms with Crippen LogP contribution < -0.4 is 5.32 Å². The van der Waals surface area contributed by atoms with Gasteiger partial charge in [0.05, 0.1) is 17.2 Å². The first-order chi connectivity index (χ1) is 7.27. The summed E-state index contributed by atoms with van der Waals surface area (Å²) < 4.78 is 0.835. The summed E-state index contributed by atoms with van der Waals surface area (Å²) in [6.07, 6.45) is 3.64. The maximum atomic E-state index is 4.16. The fourth-order valence-electron chi connectivity index (χ4n) is 1.24. The van der Waals surface area contributed by atoms with Crippen molar-refractivity contribution in [3.63, 3.8) is 0 Å². The molecule has 1 unspecified atom stereocenters. The highest BCUT2D eigenvalue weighted by molar-refractivity contribution is 9.10. The first-order valence-electron chi connectivity index (χ1n) is 4.53. The van der Waals surface area contributed by atoms with Crippen LogP contribution >= 0.6 is 27.3 Å². The van der Waals surface area contributed by atoms with Crippen molar-refractivity contribution < 1.29 is 0 Å². The van der Waals surface area contributed by atoms with E-state index in [1.165, 1.54) is 4.88 Å². The lowest BCUT2D eigenvalue weighted by Gasteiger charge is -2.13. The zero-order valence-electron chi connectivity index (χ0n) is 8.14. The van der Waals surface area contributed by atoms with Gasteiger partial charge in [0.1, 0.15) is 4.60 Å². The molecule has 0 amide bonds. The van der Waals surface area contributed by atoms with E-state index in [2.05, 4.69) is 38.1 Å². The van der Waals surface area contributed by atoms with Gasteiger partial charge < -0.3 is 5.32 Å². The Morgan fingerprint density at radius 3 is 3.07 bits per heavy atom. The maximum absolute atomic E-state index is 4.16. The van der Waals surface area contributed by atoms with Crippen molar-refractivity contribution in [3.8, 4) is 0 Å². The van der Waals surface area contributed by atoms with Gasteiger partial charge in [-0.3, -0.25) is 4.98 Å². The second-order valence-electron chi connectivity index (χ2n) is 3.11. The lowest BCUT2D eigenvalue weighted by molar-refractivity contribution is 0.899. The van der Waals surface area contributed by atoms with Crippen LogP contribution in [0.25, 0.3) is 0 Å². The van der Waals surface area contributed by atoms with E-state index in [0.29, 0.717) is 0 Å². The summed E-state index contributed by atoms with van der Waals surface area (Å²) in [5, 5.41) is 3.37. The summed E-state index contributed by atoms with van der Waals surface area (Å²) in [4.78, 5) is 9.43. The molecule has 0 radical (unpaired) electrons. The van der Waals surface area contributed by atoms with Gasteiger partial charge in [0, 0.05) is 17.3 Å². The molecular formula is C10H10BrN3S. The molecule has 78 valence electrons. The van der Waals surface area contributed by atoms with E-state index in [4.69, 9.17) is 0 Å². The standard InChI is InChI=1S/C10H10BrN3S/c1-7(9-5-12-6-15-9)14-8-3-2-4-13-10(8)11/h2-7,14H,1H3. The molecule has 0 saturated carbocycles. The number of halogens is 1. The minimum Gasteiger partial charge on any atom is -0.375 e. The summed E-state index contributed by atoms with van der Waals surface area (Å²) in [5.74, 6) is 0. The summed E-state index contributed by atoms with van der Waals surface area (Å²) >= 11 is 5.05. The quantitative estimate of drug-likeness (QED) is 0.877. The van der Waals surface area contributed by atoms with Gasteiger partial charge in [0.2, 0.25) is 0 Å². The highest BCUT2D eigenvalue weighted by atomic mass is 79.9. The Morgan fingerprint density at radius 2 is 2.40 bits per heavy atom. The van der Waals surface area contributed by atoms with E-state index in [-0.39, 0.29) is 6.04 Å². The predicted octanol–water partition coefficient (Wildman–Crippen LogP) is 3.47. The molecule has 2 rings (SSSR count). The number of anilines is 1. The highest BCUT2D eigenvalue weighted by Crippen LogP contribution is 2.25. The molecule has 0 aliphatic heterocycles. The van der Waals surface area contributed by atoms with Crippen molar-refractivity contribution in [1.82, 2.24) is 9.97 Å². The van der Waals surface area contributed by atoms with Crippen molar-refractivity contribution in [2.75, 3.05) is 5.32 Å². The molecule has 0 spiro atoms. The molecule has 0 bridgehead atoms. The summed E-state index contributed by atoms with van der Waals surface area (Å²) in [6.45, 7) is 2.10. The van der Waals surface area contributed by atoms with Crippen molar-refractivity contribution >= 4 is 33.0 Å². The average molecular weight is 284 g/mol. The molecule has 0 fully saturated rings. The number of hydrogen-bond donors (Lipinski definition) is 1. The smallest absolute Gasteiger partial charge is 0.129 e. The molecule has 3 nitrogen and oxygen atoms in total. The number of thiazole rings is 1. The van der Waals surface area contributed by atoms with Crippen LogP contribution in [0.4, 0.5) is 5.69 Å². The van der Waals surface area contributed by atoms with Gasteiger partial charge in [-0.25, -0.2) is 4.98 Å². The molecule has 0 saturated heterocycles. The van der Waals surface area contributed by atoms with Crippen LogP contribution in [-0.2, 0) is 0 Å². The molecule has 2 heterocycles. The molecule has 0 aromatic carbocycles. The van der Waals surface area contributed by atoms with Gasteiger partial charge in [-0.05, 0) is 35.0 Å². The fourth-order valence-corrected chi connectivity index (χ4v) is 2.23. The number of rotatable bonds is 3. The van der Waals surface area contributed by atoms with Crippen LogP contribution in [0.1, 0.15) is 17.8 Å². The predicted molar refractivity (Wildman–Crippen MR) is 66.1 cm³/mol. The highest BCUT2D eigenvalue weighted by Gasteiger charge is 2.08. The third kappa shape index (κ3) is 2.54. The zero-order valence-corrected chi connectivity index (χ0v) is 10.5. The summed E-state index contributed by atoms with van der Waals surface area (Å²) in [6, 6.07) is 4.15. The molecule has 2 aromatic rings. The number of aromatic nitrogens is 2. The molecule has 0 aliphatic rings. The van der Waals surface area contributed by atoms with E-state index in [9.17, 15) is 0 Å². The Morgan fingerprint density at radius 1 is 1.53 bits per heavy atom. The van der Waals surface area contributed by atoms with Crippen molar-refractivity contribution in [2.45, 2.75) is 13.0 Å². The van der Waals surface area contributed by atoms with E-state index in [0.717, 1.165) is 10.3 Å². The molecular weight excluding hydrogens is 274 g/mol. The van der Waals surface area contributed by atoms with Crippen molar-refractivity contribution in [3.05, 3.63) is 39.5 Å². The third-order valence-corrected chi connectivity index (χ3v) is 3.60. The third-order valence-electron chi connectivity index (χ3n) is 2.01. The van der Waals surface area contributed by atoms with Crippen LogP contribution in [-0.4, -0.2) is 9.97 Å². The molecule has 1 N–H and O–H groups in total. The second kappa shape index (κ2) is 4.72. The van der Waals surface area contributed by atoms with Crippen molar-refractivity contribution in [2.24, 2.45) is 0 Å². The number of nitrogens with one attached hydrogen (secondary N) is 1. The first-order valence-corrected chi connectivity index (χ1v) is 6.20. The lowest BCUT2D eigenvalue weighted by atomic mass is 10.3. The van der Waals surface area contributed by atoms with Crippen LogP contribution in [0.3, 0.4) is 0 Å². The second-order valence-corrected chi connectivity index (χ2v) is 4.78. The van der Waals surface area contributed by atoms with E-state index in [1.807, 2.05) is 23.8 Å².